The smallest absolute Gasteiger partial charge is 0.326 e. The fourth-order valence-corrected chi connectivity index (χ4v) is 2.51. The van der Waals surface area contributed by atoms with E-state index in [4.69, 9.17) is 6.42 Å². The molecule has 0 spiro atoms. The van der Waals surface area contributed by atoms with E-state index in [1.54, 1.807) is 0 Å². The van der Waals surface area contributed by atoms with E-state index in [0.717, 1.165) is 19.3 Å². The Morgan fingerprint density at radius 1 is 1.58 bits per heavy atom. The summed E-state index contributed by atoms with van der Waals surface area (Å²) in [5.74, 6) is 1.54. The van der Waals surface area contributed by atoms with Crippen LogP contribution in [0.4, 0.5) is 4.79 Å². The topological polar surface area (TPSA) is 69.6 Å². The lowest BCUT2D eigenvalue weighted by molar-refractivity contribution is -0.145. The number of carbonyl (C=O) groups excluding carboxylic acids is 1. The Kier molecular flexibility index (Phi) is 5.68. The van der Waals surface area contributed by atoms with E-state index < -0.39 is 12.0 Å². The van der Waals surface area contributed by atoms with Crippen LogP contribution in [0.3, 0.4) is 0 Å². The standard InChI is InChI=1S/C14H22N2O3/c1-4-7-11(5-2)15-14(19)16-9-6-8-10(3)12(16)13(17)18/h2,10-12H,4,6-9H2,1,3H3,(H,15,19)(H,17,18). The first-order chi connectivity index (χ1) is 9.01. The van der Waals surface area contributed by atoms with E-state index in [1.165, 1.54) is 4.90 Å². The van der Waals surface area contributed by atoms with E-state index in [2.05, 4.69) is 11.2 Å². The number of carboxylic acid groups (broad SMARTS) is 1. The van der Waals surface area contributed by atoms with Crippen molar-refractivity contribution in [2.45, 2.75) is 51.6 Å². The van der Waals surface area contributed by atoms with Crippen molar-refractivity contribution >= 4 is 12.0 Å². The fraction of sp³-hybridized carbons (Fsp3) is 0.714. The van der Waals surface area contributed by atoms with Crippen LogP contribution < -0.4 is 5.32 Å². The van der Waals surface area contributed by atoms with Gasteiger partial charge in [0.15, 0.2) is 0 Å². The van der Waals surface area contributed by atoms with Crippen LogP contribution in [-0.4, -0.2) is 40.6 Å². The van der Waals surface area contributed by atoms with Crippen LogP contribution >= 0.6 is 0 Å². The molecule has 19 heavy (non-hydrogen) atoms. The number of likely N-dealkylation sites (tertiary alicyclic amines) is 1. The van der Waals surface area contributed by atoms with Gasteiger partial charge in [0.25, 0.3) is 0 Å². The predicted molar refractivity (Wildman–Crippen MR) is 72.6 cm³/mol. The van der Waals surface area contributed by atoms with Crippen molar-refractivity contribution in [1.29, 1.82) is 0 Å². The summed E-state index contributed by atoms with van der Waals surface area (Å²) in [7, 11) is 0. The maximum Gasteiger partial charge on any atom is 0.326 e. The van der Waals surface area contributed by atoms with Crippen molar-refractivity contribution in [2.24, 2.45) is 5.92 Å². The minimum absolute atomic E-state index is 0.0348. The quantitative estimate of drug-likeness (QED) is 0.761. The van der Waals surface area contributed by atoms with E-state index in [0.29, 0.717) is 13.0 Å². The van der Waals surface area contributed by atoms with Crippen molar-refractivity contribution in [3.63, 3.8) is 0 Å². The molecule has 2 N–H and O–H groups in total. The first kappa shape index (κ1) is 15.4. The predicted octanol–water partition coefficient (Wildman–Crippen LogP) is 1.68. The number of nitrogens with zero attached hydrogens (tertiary/aromatic N) is 1. The third-order valence-corrected chi connectivity index (χ3v) is 3.52. The molecule has 1 fully saturated rings. The highest BCUT2D eigenvalue weighted by Crippen LogP contribution is 2.23. The molecule has 106 valence electrons. The van der Waals surface area contributed by atoms with Crippen molar-refractivity contribution in [2.75, 3.05) is 6.54 Å². The van der Waals surface area contributed by atoms with Crippen LogP contribution in [0.1, 0.15) is 39.5 Å². The molecule has 0 aliphatic carbocycles. The Labute approximate surface area is 114 Å². The van der Waals surface area contributed by atoms with Gasteiger partial charge >= 0.3 is 12.0 Å². The number of terminal acetylenes is 1. The highest BCUT2D eigenvalue weighted by Gasteiger charge is 2.37. The summed E-state index contributed by atoms with van der Waals surface area (Å²) in [5, 5.41) is 12.0. The number of rotatable bonds is 4. The number of aliphatic carboxylic acids is 1. The summed E-state index contributed by atoms with van der Waals surface area (Å²) in [4.78, 5) is 24.9. The van der Waals surface area contributed by atoms with Crippen molar-refractivity contribution in [3.05, 3.63) is 0 Å². The number of amides is 2. The van der Waals surface area contributed by atoms with Gasteiger partial charge in [0.1, 0.15) is 6.04 Å². The Bertz CT molecular complexity index is 375. The second-order valence-electron chi connectivity index (χ2n) is 5.05. The molecule has 3 atom stereocenters. The van der Waals surface area contributed by atoms with Crippen LogP contribution in [0.2, 0.25) is 0 Å². The van der Waals surface area contributed by atoms with Gasteiger partial charge in [-0.1, -0.05) is 26.2 Å². The van der Waals surface area contributed by atoms with Crippen molar-refractivity contribution in [3.8, 4) is 12.3 Å². The first-order valence-corrected chi connectivity index (χ1v) is 6.77. The summed E-state index contributed by atoms with van der Waals surface area (Å²) in [6.45, 7) is 4.32. The third-order valence-electron chi connectivity index (χ3n) is 3.52. The zero-order valence-electron chi connectivity index (χ0n) is 11.6. The zero-order valence-corrected chi connectivity index (χ0v) is 11.6. The van der Waals surface area contributed by atoms with Gasteiger partial charge in [0.2, 0.25) is 0 Å². The fourth-order valence-electron chi connectivity index (χ4n) is 2.51. The Hall–Kier alpha value is -1.70. The van der Waals surface area contributed by atoms with Crippen LogP contribution in [0.25, 0.3) is 0 Å². The van der Waals surface area contributed by atoms with Gasteiger partial charge in [-0.2, -0.15) is 0 Å². The molecule has 0 radical (unpaired) electrons. The van der Waals surface area contributed by atoms with Gasteiger partial charge < -0.3 is 15.3 Å². The average molecular weight is 266 g/mol. The summed E-state index contributed by atoms with van der Waals surface area (Å²) in [6.07, 6.45) is 8.58. The summed E-state index contributed by atoms with van der Waals surface area (Å²) < 4.78 is 0. The Balaban J connectivity index is 2.73. The van der Waals surface area contributed by atoms with E-state index in [1.807, 2.05) is 13.8 Å². The van der Waals surface area contributed by atoms with Crippen LogP contribution in [0.15, 0.2) is 0 Å². The number of carboxylic acids is 1. The molecule has 0 aromatic rings. The van der Waals surface area contributed by atoms with Gasteiger partial charge in [-0.05, 0) is 25.2 Å². The highest BCUT2D eigenvalue weighted by atomic mass is 16.4. The van der Waals surface area contributed by atoms with Crippen LogP contribution in [0, 0.1) is 18.3 Å². The lowest BCUT2D eigenvalue weighted by Gasteiger charge is -2.37. The van der Waals surface area contributed by atoms with Gasteiger partial charge in [-0.3, -0.25) is 0 Å². The number of carbonyl (C=O) groups is 2. The molecule has 5 nitrogen and oxygen atoms in total. The molecule has 0 aromatic heterocycles. The number of hydrogen-bond acceptors (Lipinski definition) is 2. The highest BCUT2D eigenvalue weighted by molar-refractivity contribution is 5.83. The van der Waals surface area contributed by atoms with E-state index in [9.17, 15) is 14.7 Å². The molecule has 1 rings (SSSR count). The zero-order chi connectivity index (χ0) is 14.4. The van der Waals surface area contributed by atoms with Gasteiger partial charge in [-0.15, -0.1) is 6.42 Å². The van der Waals surface area contributed by atoms with E-state index in [-0.39, 0.29) is 18.0 Å². The first-order valence-electron chi connectivity index (χ1n) is 6.77. The summed E-state index contributed by atoms with van der Waals surface area (Å²) in [5.41, 5.74) is 0. The molecule has 1 aliphatic rings. The molecule has 1 aliphatic heterocycles. The summed E-state index contributed by atoms with van der Waals surface area (Å²) >= 11 is 0. The lowest BCUT2D eigenvalue weighted by Crippen LogP contribution is -2.56. The number of hydrogen-bond donors (Lipinski definition) is 2. The van der Waals surface area contributed by atoms with E-state index >= 15 is 0 Å². The van der Waals surface area contributed by atoms with Crippen molar-refractivity contribution in [1.82, 2.24) is 10.2 Å². The van der Waals surface area contributed by atoms with Crippen molar-refractivity contribution < 1.29 is 14.7 Å². The molecular weight excluding hydrogens is 244 g/mol. The second kappa shape index (κ2) is 7.03. The number of piperidine rings is 1. The molecule has 0 saturated carbocycles. The summed E-state index contributed by atoms with van der Waals surface area (Å²) in [6, 6.07) is -1.45. The van der Waals surface area contributed by atoms with Crippen LogP contribution in [-0.2, 0) is 4.79 Å². The van der Waals surface area contributed by atoms with Gasteiger partial charge in [-0.25, -0.2) is 9.59 Å². The molecule has 5 heteroatoms. The molecule has 0 aromatic carbocycles. The lowest BCUT2D eigenvalue weighted by atomic mass is 9.91. The normalized spacial score (nSPS) is 24.4. The molecule has 1 heterocycles. The SMILES string of the molecule is C#CC(CCC)NC(=O)N1CCCC(C)C1C(=O)O. The second-order valence-corrected chi connectivity index (χ2v) is 5.05. The third kappa shape index (κ3) is 3.88. The minimum Gasteiger partial charge on any atom is -0.480 e. The minimum atomic E-state index is -0.949. The molecule has 3 unspecified atom stereocenters. The number of nitrogens with one attached hydrogen (secondary N) is 1. The Morgan fingerprint density at radius 2 is 2.26 bits per heavy atom. The van der Waals surface area contributed by atoms with Gasteiger partial charge in [0, 0.05) is 6.54 Å². The van der Waals surface area contributed by atoms with Crippen LogP contribution in [0.5, 0.6) is 0 Å². The monoisotopic (exact) mass is 266 g/mol. The molecular formula is C14H22N2O3. The average Bonchev–Trinajstić information content (AvgIpc) is 2.37. The molecule has 0 bridgehead atoms. The molecule has 1 saturated heterocycles. The molecule has 2 amide bonds. The Morgan fingerprint density at radius 3 is 2.79 bits per heavy atom. The van der Waals surface area contributed by atoms with Gasteiger partial charge in [0.05, 0.1) is 6.04 Å². The maximum absolute atomic E-state index is 12.2. The largest absolute Gasteiger partial charge is 0.480 e. The maximum atomic E-state index is 12.2. The number of urea groups is 1.